The summed E-state index contributed by atoms with van der Waals surface area (Å²) in [5, 5.41) is 0. The van der Waals surface area contributed by atoms with Crippen LogP contribution in [0.15, 0.2) is 24.3 Å². The van der Waals surface area contributed by atoms with Crippen LogP contribution in [-0.4, -0.2) is 26.3 Å². The van der Waals surface area contributed by atoms with E-state index in [-0.39, 0.29) is 0 Å². The Balaban J connectivity index is 1.98. The fraction of sp³-hybridized carbons (Fsp3) is 0.500. The molecule has 1 fully saturated rings. The highest BCUT2D eigenvalue weighted by Crippen LogP contribution is 2.21. The zero-order chi connectivity index (χ0) is 10.7. The Bertz CT molecular complexity index is 302. The van der Waals surface area contributed by atoms with E-state index in [0.29, 0.717) is 6.10 Å². The van der Waals surface area contributed by atoms with Crippen molar-refractivity contribution >= 4 is 11.4 Å². The number of hydrogen-bond acceptors (Lipinski definition) is 3. The second-order valence-electron chi connectivity index (χ2n) is 4.01. The van der Waals surface area contributed by atoms with E-state index in [1.54, 1.807) is 7.11 Å². The van der Waals surface area contributed by atoms with Gasteiger partial charge in [0.2, 0.25) is 0 Å². The third kappa shape index (κ3) is 2.42. The lowest BCUT2D eigenvalue weighted by Gasteiger charge is -2.32. The van der Waals surface area contributed by atoms with Gasteiger partial charge in [-0.25, -0.2) is 0 Å². The molecule has 82 valence electrons. The lowest BCUT2D eigenvalue weighted by molar-refractivity contribution is 0.0819. The predicted octanol–water partition coefficient (Wildman–Crippen LogP) is 1.88. The maximum absolute atomic E-state index is 5.66. The highest BCUT2D eigenvalue weighted by molar-refractivity contribution is 5.53. The number of benzene rings is 1. The fourth-order valence-corrected chi connectivity index (χ4v) is 2.03. The van der Waals surface area contributed by atoms with Gasteiger partial charge in [-0.2, -0.15) is 0 Å². The monoisotopic (exact) mass is 206 g/mol. The Morgan fingerprint density at radius 1 is 1.20 bits per heavy atom. The molecule has 1 aromatic rings. The summed E-state index contributed by atoms with van der Waals surface area (Å²) in [5.41, 5.74) is 7.75. The van der Waals surface area contributed by atoms with Crippen LogP contribution in [0.25, 0.3) is 0 Å². The normalized spacial score (nSPS) is 18.1. The smallest absolute Gasteiger partial charge is 0.0605 e. The Morgan fingerprint density at radius 3 is 2.33 bits per heavy atom. The molecule has 1 aliphatic rings. The number of methoxy groups -OCH3 is 1. The molecule has 0 saturated carbocycles. The van der Waals surface area contributed by atoms with Gasteiger partial charge in [0.15, 0.2) is 0 Å². The molecule has 1 aliphatic heterocycles. The van der Waals surface area contributed by atoms with Gasteiger partial charge in [0.1, 0.15) is 0 Å². The predicted molar refractivity (Wildman–Crippen MR) is 63.1 cm³/mol. The van der Waals surface area contributed by atoms with Crippen LogP contribution in [0.2, 0.25) is 0 Å². The summed E-state index contributed by atoms with van der Waals surface area (Å²) in [6.45, 7) is 2.14. The molecule has 15 heavy (non-hydrogen) atoms. The van der Waals surface area contributed by atoms with Crippen LogP contribution in [0.4, 0.5) is 11.4 Å². The number of piperidine rings is 1. The maximum atomic E-state index is 5.66. The zero-order valence-corrected chi connectivity index (χ0v) is 9.15. The van der Waals surface area contributed by atoms with E-state index in [4.69, 9.17) is 10.5 Å². The summed E-state index contributed by atoms with van der Waals surface area (Å²) in [6.07, 6.45) is 2.66. The minimum atomic E-state index is 0.440. The van der Waals surface area contributed by atoms with Crippen molar-refractivity contribution in [3.8, 4) is 0 Å². The third-order valence-corrected chi connectivity index (χ3v) is 3.03. The zero-order valence-electron chi connectivity index (χ0n) is 9.15. The molecule has 0 bridgehead atoms. The topological polar surface area (TPSA) is 38.5 Å². The van der Waals surface area contributed by atoms with Crippen molar-refractivity contribution in [2.75, 3.05) is 30.8 Å². The molecule has 3 heteroatoms. The minimum absolute atomic E-state index is 0.440. The first-order chi connectivity index (χ1) is 7.29. The summed E-state index contributed by atoms with van der Waals surface area (Å²) < 4.78 is 5.35. The number of anilines is 2. The van der Waals surface area contributed by atoms with Gasteiger partial charge in [-0.1, -0.05) is 0 Å². The van der Waals surface area contributed by atoms with Gasteiger partial charge in [-0.3, -0.25) is 0 Å². The average molecular weight is 206 g/mol. The lowest BCUT2D eigenvalue weighted by atomic mass is 10.1. The molecular weight excluding hydrogens is 188 g/mol. The van der Waals surface area contributed by atoms with Gasteiger partial charge >= 0.3 is 0 Å². The molecule has 0 aromatic heterocycles. The molecule has 0 spiro atoms. The highest BCUT2D eigenvalue weighted by atomic mass is 16.5. The van der Waals surface area contributed by atoms with E-state index in [9.17, 15) is 0 Å². The van der Waals surface area contributed by atoms with Gasteiger partial charge in [0.05, 0.1) is 6.10 Å². The van der Waals surface area contributed by atoms with Gasteiger partial charge in [0.25, 0.3) is 0 Å². The maximum Gasteiger partial charge on any atom is 0.0605 e. The number of nitrogen functional groups attached to an aromatic ring is 1. The number of ether oxygens (including phenoxy) is 1. The van der Waals surface area contributed by atoms with Crippen LogP contribution in [0.3, 0.4) is 0 Å². The number of hydrogen-bond donors (Lipinski definition) is 1. The molecule has 1 aromatic carbocycles. The van der Waals surface area contributed by atoms with Gasteiger partial charge in [-0.15, -0.1) is 0 Å². The molecular formula is C12H18N2O. The summed E-state index contributed by atoms with van der Waals surface area (Å²) in [4.78, 5) is 2.38. The van der Waals surface area contributed by atoms with Crippen molar-refractivity contribution in [3.05, 3.63) is 24.3 Å². The van der Waals surface area contributed by atoms with E-state index in [1.165, 1.54) is 5.69 Å². The summed E-state index contributed by atoms with van der Waals surface area (Å²) >= 11 is 0. The first kappa shape index (κ1) is 10.3. The van der Waals surface area contributed by atoms with E-state index >= 15 is 0 Å². The quantitative estimate of drug-likeness (QED) is 0.751. The summed E-state index contributed by atoms with van der Waals surface area (Å²) in [6, 6.07) is 8.08. The average Bonchev–Trinajstić information content (AvgIpc) is 2.30. The van der Waals surface area contributed by atoms with E-state index in [0.717, 1.165) is 31.6 Å². The van der Waals surface area contributed by atoms with Crippen LogP contribution in [-0.2, 0) is 4.74 Å². The first-order valence-electron chi connectivity index (χ1n) is 5.43. The highest BCUT2D eigenvalue weighted by Gasteiger charge is 2.18. The standard InChI is InChI=1S/C12H18N2O/c1-15-12-6-8-14(9-7-12)11-4-2-10(13)3-5-11/h2-5,12H,6-9,13H2,1H3. The Morgan fingerprint density at radius 2 is 1.80 bits per heavy atom. The van der Waals surface area contributed by atoms with Crippen LogP contribution >= 0.6 is 0 Å². The SMILES string of the molecule is COC1CCN(c2ccc(N)cc2)CC1. The molecule has 3 nitrogen and oxygen atoms in total. The summed E-state index contributed by atoms with van der Waals surface area (Å²) in [5.74, 6) is 0. The van der Waals surface area contributed by atoms with E-state index < -0.39 is 0 Å². The van der Waals surface area contributed by atoms with Crippen molar-refractivity contribution in [1.29, 1.82) is 0 Å². The third-order valence-electron chi connectivity index (χ3n) is 3.03. The van der Waals surface area contributed by atoms with Crippen molar-refractivity contribution in [2.45, 2.75) is 18.9 Å². The molecule has 1 saturated heterocycles. The molecule has 2 rings (SSSR count). The van der Waals surface area contributed by atoms with Gasteiger partial charge in [0, 0.05) is 31.6 Å². The van der Waals surface area contributed by atoms with Gasteiger partial charge in [-0.05, 0) is 37.1 Å². The molecule has 0 atom stereocenters. The molecule has 1 heterocycles. The Hall–Kier alpha value is -1.22. The molecule has 0 unspecified atom stereocenters. The first-order valence-corrected chi connectivity index (χ1v) is 5.43. The van der Waals surface area contributed by atoms with Crippen LogP contribution in [0.5, 0.6) is 0 Å². The van der Waals surface area contributed by atoms with Gasteiger partial charge < -0.3 is 15.4 Å². The van der Waals surface area contributed by atoms with Crippen LogP contribution in [0, 0.1) is 0 Å². The number of nitrogens with two attached hydrogens (primary N) is 1. The van der Waals surface area contributed by atoms with Crippen molar-refractivity contribution in [3.63, 3.8) is 0 Å². The molecule has 0 aliphatic carbocycles. The second-order valence-corrected chi connectivity index (χ2v) is 4.01. The fourth-order valence-electron chi connectivity index (χ4n) is 2.03. The van der Waals surface area contributed by atoms with Crippen molar-refractivity contribution in [1.82, 2.24) is 0 Å². The number of rotatable bonds is 2. The van der Waals surface area contributed by atoms with Crippen molar-refractivity contribution < 1.29 is 4.74 Å². The molecule has 2 N–H and O–H groups in total. The summed E-state index contributed by atoms with van der Waals surface area (Å²) in [7, 11) is 1.80. The molecule has 0 radical (unpaired) electrons. The lowest BCUT2D eigenvalue weighted by Crippen LogP contribution is -2.36. The largest absolute Gasteiger partial charge is 0.399 e. The second kappa shape index (κ2) is 4.53. The Labute approximate surface area is 90.8 Å². The minimum Gasteiger partial charge on any atom is -0.399 e. The van der Waals surface area contributed by atoms with Crippen molar-refractivity contribution in [2.24, 2.45) is 0 Å². The Kier molecular flexibility index (Phi) is 3.11. The van der Waals surface area contributed by atoms with E-state index in [1.807, 2.05) is 12.1 Å². The number of nitrogens with zero attached hydrogens (tertiary/aromatic N) is 1. The molecule has 0 amide bonds. The van der Waals surface area contributed by atoms with Crippen LogP contribution in [0.1, 0.15) is 12.8 Å². The van der Waals surface area contributed by atoms with Crippen LogP contribution < -0.4 is 10.6 Å². The van der Waals surface area contributed by atoms with E-state index in [2.05, 4.69) is 17.0 Å².